The number of hydrogen-bond donors (Lipinski definition) is 0. The Morgan fingerprint density at radius 1 is 1.67 bits per heavy atom. The molecule has 0 rings (SSSR count). The molecule has 0 aliphatic heterocycles. The van der Waals surface area contributed by atoms with Crippen LogP contribution in [0.5, 0.6) is 0 Å². The number of halogens is 2. The maximum absolute atomic E-state index is 10.1. The SMILES string of the molecule is CC(C)(Br)/C=C/C(=O)Cl. The molecule has 3 heteroatoms. The van der Waals surface area contributed by atoms with E-state index >= 15 is 0 Å². The highest BCUT2D eigenvalue weighted by atomic mass is 79.9. The molecule has 9 heavy (non-hydrogen) atoms. The number of hydrogen-bond acceptors (Lipinski definition) is 1. The lowest BCUT2D eigenvalue weighted by Crippen LogP contribution is -2.03. The minimum absolute atomic E-state index is 0.141. The maximum Gasteiger partial charge on any atom is 0.244 e. The summed E-state index contributed by atoms with van der Waals surface area (Å²) in [6, 6.07) is 0. The van der Waals surface area contributed by atoms with Crippen LogP contribution in [-0.2, 0) is 4.79 Å². The summed E-state index contributed by atoms with van der Waals surface area (Å²) >= 11 is 8.35. The lowest BCUT2D eigenvalue weighted by atomic mass is 10.2. The van der Waals surface area contributed by atoms with Crippen molar-refractivity contribution in [2.45, 2.75) is 18.2 Å². The van der Waals surface area contributed by atoms with Gasteiger partial charge in [-0.1, -0.05) is 22.0 Å². The molecule has 0 atom stereocenters. The molecule has 0 aliphatic rings. The van der Waals surface area contributed by atoms with Crippen LogP contribution in [0.25, 0.3) is 0 Å². The Labute approximate surface area is 68.2 Å². The molecular formula is C6H8BrClO. The quantitative estimate of drug-likeness (QED) is 0.390. The lowest BCUT2D eigenvalue weighted by molar-refractivity contribution is -0.107. The highest BCUT2D eigenvalue weighted by molar-refractivity contribution is 9.10. The zero-order valence-corrected chi connectivity index (χ0v) is 7.66. The second-order valence-electron chi connectivity index (χ2n) is 2.20. The highest BCUT2D eigenvalue weighted by Crippen LogP contribution is 2.16. The van der Waals surface area contributed by atoms with Crippen molar-refractivity contribution in [1.82, 2.24) is 0 Å². The van der Waals surface area contributed by atoms with Gasteiger partial charge in [-0.05, 0) is 31.5 Å². The van der Waals surface area contributed by atoms with E-state index in [0.717, 1.165) is 0 Å². The lowest BCUT2D eigenvalue weighted by Gasteiger charge is -2.06. The van der Waals surface area contributed by atoms with E-state index < -0.39 is 5.24 Å². The van der Waals surface area contributed by atoms with E-state index in [0.29, 0.717) is 0 Å². The number of carbonyl (C=O) groups excluding carboxylic acids is 1. The molecule has 52 valence electrons. The Morgan fingerprint density at radius 2 is 2.11 bits per heavy atom. The predicted octanol–water partition coefficient (Wildman–Crippen LogP) is 2.48. The summed E-state index contributed by atoms with van der Waals surface area (Å²) < 4.78 is -0.141. The Bertz CT molecular complexity index is 134. The van der Waals surface area contributed by atoms with Crippen LogP contribution in [0.4, 0.5) is 0 Å². The number of carbonyl (C=O) groups is 1. The Hall–Kier alpha value is 0.180. The van der Waals surface area contributed by atoms with Crippen LogP contribution in [0.1, 0.15) is 13.8 Å². The van der Waals surface area contributed by atoms with Crippen molar-refractivity contribution >= 4 is 32.8 Å². The van der Waals surface area contributed by atoms with Gasteiger partial charge in [-0.25, -0.2) is 0 Å². The molecule has 1 nitrogen and oxygen atoms in total. The van der Waals surface area contributed by atoms with E-state index in [1.165, 1.54) is 6.08 Å². The van der Waals surface area contributed by atoms with Gasteiger partial charge in [-0.3, -0.25) is 4.79 Å². The second kappa shape index (κ2) is 3.37. The minimum Gasteiger partial charge on any atom is -0.276 e. The number of rotatable bonds is 2. The van der Waals surface area contributed by atoms with Gasteiger partial charge in [0.25, 0.3) is 0 Å². The van der Waals surface area contributed by atoms with E-state index in [1.54, 1.807) is 6.08 Å². The molecule has 0 aromatic rings. The molecule has 0 fully saturated rings. The monoisotopic (exact) mass is 210 g/mol. The van der Waals surface area contributed by atoms with Crippen molar-refractivity contribution in [3.8, 4) is 0 Å². The van der Waals surface area contributed by atoms with E-state index in [2.05, 4.69) is 15.9 Å². The Kier molecular flexibility index (Phi) is 3.44. The second-order valence-corrected chi connectivity index (χ2v) is 4.62. The van der Waals surface area contributed by atoms with Gasteiger partial charge in [0.05, 0.1) is 0 Å². The normalized spacial score (nSPS) is 12.4. The minimum atomic E-state index is -0.442. The summed E-state index contributed by atoms with van der Waals surface area (Å²) in [5, 5.41) is -0.442. The van der Waals surface area contributed by atoms with Crippen LogP contribution in [-0.4, -0.2) is 9.57 Å². The molecule has 0 radical (unpaired) electrons. The highest BCUT2D eigenvalue weighted by Gasteiger charge is 2.06. The standard InChI is InChI=1S/C6H8BrClO/c1-6(2,7)4-3-5(8)9/h3-4H,1-2H3/b4-3+. The molecule has 0 saturated heterocycles. The predicted molar refractivity (Wildman–Crippen MR) is 43.0 cm³/mol. The van der Waals surface area contributed by atoms with Gasteiger partial charge in [-0.2, -0.15) is 0 Å². The fourth-order valence-corrected chi connectivity index (χ4v) is 0.459. The first-order valence-electron chi connectivity index (χ1n) is 2.49. The zero-order valence-electron chi connectivity index (χ0n) is 5.32. The molecule has 0 unspecified atom stereocenters. The third-order valence-corrected chi connectivity index (χ3v) is 1.00. The van der Waals surface area contributed by atoms with Gasteiger partial charge in [0, 0.05) is 4.32 Å². The fourth-order valence-electron chi connectivity index (χ4n) is 0.264. The number of alkyl halides is 1. The van der Waals surface area contributed by atoms with Crippen molar-refractivity contribution in [3.63, 3.8) is 0 Å². The van der Waals surface area contributed by atoms with Gasteiger partial charge in [0.15, 0.2) is 0 Å². The van der Waals surface area contributed by atoms with Crippen molar-refractivity contribution < 1.29 is 4.79 Å². The van der Waals surface area contributed by atoms with Gasteiger partial charge in [0.2, 0.25) is 5.24 Å². The largest absolute Gasteiger partial charge is 0.276 e. The van der Waals surface area contributed by atoms with E-state index in [4.69, 9.17) is 11.6 Å². The Morgan fingerprint density at radius 3 is 2.22 bits per heavy atom. The van der Waals surface area contributed by atoms with Crippen LogP contribution < -0.4 is 0 Å². The summed E-state index contributed by atoms with van der Waals surface area (Å²) in [5.74, 6) is 0. The third-order valence-electron chi connectivity index (χ3n) is 0.611. The van der Waals surface area contributed by atoms with Gasteiger partial charge >= 0.3 is 0 Å². The average Bonchev–Trinajstić information content (AvgIpc) is 1.59. The molecule has 0 amide bonds. The molecule has 0 aliphatic carbocycles. The molecular weight excluding hydrogens is 203 g/mol. The van der Waals surface area contributed by atoms with Crippen molar-refractivity contribution in [2.24, 2.45) is 0 Å². The van der Waals surface area contributed by atoms with Crippen molar-refractivity contribution in [2.75, 3.05) is 0 Å². The molecule has 0 spiro atoms. The molecule has 0 aromatic heterocycles. The van der Waals surface area contributed by atoms with E-state index in [1.807, 2.05) is 13.8 Å². The van der Waals surface area contributed by atoms with Crippen LogP contribution in [0.2, 0.25) is 0 Å². The summed E-state index contributed by atoms with van der Waals surface area (Å²) in [7, 11) is 0. The van der Waals surface area contributed by atoms with Crippen molar-refractivity contribution in [1.29, 1.82) is 0 Å². The van der Waals surface area contributed by atoms with Gasteiger partial charge in [0.1, 0.15) is 0 Å². The fraction of sp³-hybridized carbons (Fsp3) is 0.500. The molecule has 0 heterocycles. The summed E-state index contributed by atoms with van der Waals surface area (Å²) in [4.78, 5) is 10.1. The first-order chi connectivity index (χ1) is 3.92. The van der Waals surface area contributed by atoms with Gasteiger partial charge < -0.3 is 0 Å². The Balaban J connectivity index is 3.86. The van der Waals surface area contributed by atoms with Gasteiger partial charge in [-0.15, -0.1) is 0 Å². The van der Waals surface area contributed by atoms with Crippen LogP contribution in [0, 0.1) is 0 Å². The molecule has 0 bridgehead atoms. The molecule has 0 aromatic carbocycles. The van der Waals surface area contributed by atoms with E-state index in [-0.39, 0.29) is 4.32 Å². The van der Waals surface area contributed by atoms with E-state index in [9.17, 15) is 4.79 Å². The van der Waals surface area contributed by atoms with Crippen LogP contribution >= 0.6 is 27.5 Å². The third kappa shape index (κ3) is 8.18. The summed E-state index contributed by atoms with van der Waals surface area (Å²) in [5.41, 5.74) is 0. The number of allylic oxidation sites excluding steroid dienone is 2. The van der Waals surface area contributed by atoms with Crippen LogP contribution in [0.3, 0.4) is 0 Å². The zero-order chi connectivity index (χ0) is 7.49. The molecule has 0 saturated carbocycles. The van der Waals surface area contributed by atoms with Crippen molar-refractivity contribution in [3.05, 3.63) is 12.2 Å². The average molecular weight is 211 g/mol. The first kappa shape index (κ1) is 9.18. The summed E-state index contributed by atoms with van der Waals surface area (Å²) in [6.07, 6.45) is 3.03. The molecule has 0 N–H and O–H groups in total. The maximum atomic E-state index is 10.1. The summed E-state index contributed by atoms with van der Waals surface area (Å²) in [6.45, 7) is 3.84. The first-order valence-corrected chi connectivity index (χ1v) is 3.66. The van der Waals surface area contributed by atoms with Crippen LogP contribution in [0.15, 0.2) is 12.2 Å². The smallest absolute Gasteiger partial charge is 0.244 e. The topological polar surface area (TPSA) is 17.1 Å².